The summed E-state index contributed by atoms with van der Waals surface area (Å²) < 4.78 is 10.2. The first-order valence-corrected chi connectivity index (χ1v) is 5.30. The van der Waals surface area contributed by atoms with Gasteiger partial charge >= 0.3 is 5.97 Å². The molecular weight excluding hydrogens is 238 g/mol. The van der Waals surface area contributed by atoms with Gasteiger partial charge in [-0.05, 0) is 26.8 Å². The molecule has 1 aromatic rings. The number of ether oxygens (including phenoxy) is 2. The Bertz CT molecular complexity index is 476. The molecule has 6 nitrogen and oxygen atoms in total. The zero-order valence-corrected chi connectivity index (χ0v) is 10.7. The monoisotopic (exact) mass is 253 g/mol. The zero-order chi connectivity index (χ0) is 13.9. The minimum atomic E-state index is -0.674. The number of hydrogen-bond acceptors (Lipinski definition) is 5. The second-order valence-corrected chi connectivity index (χ2v) is 4.64. The third-order valence-corrected chi connectivity index (χ3v) is 2.01. The average molecular weight is 253 g/mol. The van der Waals surface area contributed by atoms with Gasteiger partial charge in [0.25, 0.3) is 5.69 Å². The molecule has 0 aliphatic rings. The molecule has 0 N–H and O–H groups in total. The number of carbonyl (C=O) groups excluding carboxylic acids is 1. The molecular formula is C12H15NO5. The van der Waals surface area contributed by atoms with E-state index in [1.54, 1.807) is 20.8 Å². The third kappa shape index (κ3) is 3.44. The Hall–Kier alpha value is -2.11. The Morgan fingerprint density at radius 2 is 1.94 bits per heavy atom. The summed E-state index contributed by atoms with van der Waals surface area (Å²) in [5.41, 5.74) is -0.814. The van der Waals surface area contributed by atoms with Crippen LogP contribution in [-0.2, 0) is 4.74 Å². The Kier molecular flexibility index (Phi) is 3.90. The zero-order valence-electron chi connectivity index (χ0n) is 10.7. The number of hydrogen-bond donors (Lipinski definition) is 0. The molecule has 1 aromatic carbocycles. The van der Waals surface area contributed by atoms with Gasteiger partial charge in [0.1, 0.15) is 16.9 Å². The number of rotatable bonds is 3. The highest BCUT2D eigenvalue weighted by Gasteiger charge is 2.23. The molecule has 1 rings (SSSR count). The van der Waals surface area contributed by atoms with Crippen molar-refractivity contribution in [3.8, 4) is 5.75 Å². The van der Waals surface area contributed by atoms with Crippen molar-refractivity contribution in [2.45, 2.75) is 26.4 Å². The molecule has 0 bridgehead atoms. The Morgan fingerprint density at radius 3 is 2.39 bits per heavy atom. The quantitative estimate of drug-likeness (QED) is 0.470. The number of carbonyl (C=O) groups is 1. The second kappa shape index (κ2) is 5.03. The van der Waals surface area contributed by atoms with Crippen LogP contribution in [-0.4, -0.2) is 23.6 Å². The lowest BCUT2D eigenvalue weighted by Crippen LogP contribution is -2.24. The van der Waals surface area contributed by atoms with Crippen molar-refractivity contribution in [2.24, 2.45) is 0 Å². The van der Waals surface area contributed by atoms with Gasteiger partial charge in [0.15, 0.2) is 0 Å². The van der Waals surface area contributed by atoms with E-state index in [1.165, 1.54) is 19.2 Å². The number of nitro benzene ring substituents is 1. The molecule has 18 heavy (non-hydrogen) atoms. The summed E-state index contributed by atoms with van der Waals surface area (Å²) in [7, 11) is 1.38. The van der Waals surface area contributed by atoms with E-state index in [2.05, 4.69) is 0 Å². The fraction of sp³-hybridized carbons (Fsp3) is 0.417. The summed E-state index contributed by atoms with van der Waals surface area (Å²) in [5, 5.41) is 10.7. The Morgan fingerprint density at radius 1 is 1.33 bits per heavy atom. The van der Waals surface area contributed by atoms with Crippen molar-refractivity contribution in [3.05, 3.63) is 33.9 Å². The van der Waals surface area contributed by atoms with Gasteiger partial charge in [-0.3, -0.25) is 10.1 Å². The maximum atomic E-state index is 11.9. The van der Waals surface area contributed by atoms with Crippen LogP contribution in [0.25, 0.3) is 0 Å². The molecule has 0 amide bonds. The van der Waals surface area contributed by atoms with E-state index in [0.717, 1.165) is 6.07 Å². The van der Waals surface area contributed by atoms with Crippen LogP contribution in [0.4, 0.5) is 5.69 Å². The normalized spacial score (nSPS) is 10.9. The van der Waals surface area contributed by atoms with Gasteiger partial charge in [-0.15, -0.1) is 0 Å². The predicted molar refractivity (Wildman–Crippen MR) is 64.8 cm³/mol. The SMILES string of the molecule is COc1ccc([N+](=O)[O-])cc1C(=O)OC(C)(C)C. The summed E-state index contributed by atoms with van der Waals surface area (Å²) in [4.78, 5) is 22.0. The van der Waals surface area contributed by atoms with Crippen LogP contribution in [0.15, 0.2) is 18.2 Å². The van der Waals surface area contributed by atoms with Gasteiger partial charge in [0, 0.05) is 12.1 Å². The van der Waals surface area contributed by atoms with Crippen LogP contribution in [0.3, 0.4) is 0 Å². The van der Waals surface area contributed by atoms with Crippen molar-refractivity contribution in [2.75, 3.05) is 7.11 Å². The van der Waals surface area contributed by atoms with Crippen molar-refractivity contribution in [1.29, 1.82) is 0 Å². The fourth-order valence-electron chi connectivity index (χ4n) is 1.30. The molecule has 0 aromatic heterocycles. The summed E-state index contributed by atoms with van der Waals surface area (Å²) >= 11 is 0. The van der Waals surface area contributed by atoms with Gasteiger partial charge in [-0.2, -0.15) is 0 Å². The highest BCUT2D eigenvalue weighted by atomic mass is 16.6. The van der Waals surface area contributed by atoms with E-state index in [-0.39, 0.29) is 17.0 Å². The van der Waals surface area contributed by atoms with Crippen LogP contribution in [0.5, 0.6) is 5.75 Å². The van der Waals surface area contributed by atoms with Crippen molar-refractivity contribution in [1.82, 2.24) is 0 Å². The first-order valence-electron chi connectivity index (χ1n) is 5.30. The largest absolute Gasteiger partial charge is 0.496 e. The van der Waals surface area contributed by atoms with E-state index in [4.69, 9.17) is 9.47 Å². The number of nitro groups is 1. The number of benzene rings is 1. The van der Waals surface area contributed by atoms with Crippen molar-refractivity contribution < 1.29 is 19.2 Å². The third-order valence-electron chi connectivity index (χ3n) is 2.01. The summed E-state index contributed by atoms with van der Waals surface area (Å²) in [6.45, 7) is 5.15. The topological polar surface area (TPSA) is 78.7 Å². The van der Waals surface area contributed by atoms with Crippen LogP contribution in [0.2, 0.25) is 0 Å². The van der Waals surface area contributed by atoms with E-state index in [1.807, 2.05) is 0 Å². The summed E-state index contributed by atoms with van der Waals surface area (Å²) in [6.07, 6.45) is 0. The van der Waals surface area contributed by atoms with Gasteiger partial charge < -0.3 is 9.47 Å². The number of esters is 1. The maximum Gasteiger partial charge on any atom is 0.342 e. The van der Waals surface area contributed by atoms with E-state index >= 15 is 0 Å². The number of nitrogens with zero attached hydrogens (tertiary/aromatic N) is 1. The van der Waals surface area contributed by atoms with Crippen molar-refractivity contribution in [3.63, 3.8) is 0 Å². The van der Waals surface area contributed by atoms with Gasteiger partial charge in [0.2, 0.25) is 0 Å². The molecule has 0 saturated heterocycles. The van der Waals surface area contributed by atoms with Crippen LogP contribution >= 0.6 is 0 Å². The molecule has 0 heterocycles. The lowest BCUT2D eigenvalue weighted by Gasteiger charge is -2.20. The minimum Gasteiger partial charge on any atom is -0.496 e. The Balaban J connectivity index is 3.16. The Labute approximate surface area is 105 Å². The molecule has 0 unspecified atom stereocenters. The maximum absolute atomic E-state index is 11.9. The first-order chi connectivity index (χ1) is 8.24. The van der Waals surface area contributed by atoms with E-state index < -0.39 is 16.5 Å². The average Bonchev–Trinajstić information content (AvgIpc) is 2.25. The highest BCUT2D eigenvalue weighted by Crippen LogP contribution is 2.26. The molecule has 6 heteroatoms. The molecule has 98 valence electrons. The molecule has 0 aliphatic carbocycles. The number of methoxy groups -OCH3 is 1. The van der Waals surface area contributed by atoms with E-state index in [0.29, 0.717) is 0 Å². The summed E-state index contributed by atoms with van der Waals surface area (Å²) in [6, 6.07) is 3.79. The van der Waals surface area contributed by atoms with Crippen LogP contribution < -0.4 is 4.74 Å². The molecule has 0 aliphatic heterocycles. The van der Waals surface area contributed by atoms with Crippen LogP contribution in [0, 0.1) is 10.1 Å². The highest BCUT2D eigenvalue weighted by molar-refractivity contribution is 5.93. The lowest BCUT2D eigenvalue weighted by molar-refractivity contribution is -0.384. The van der Waals surface area contributed by atoms with Gasteiger partial charge in [-0.1, -0.05) is 0 Å². The molecule has 0 saturated carbocycles. The van der Waals surface area contributed by atoms with E-state index in [9.17, 15) is 14.9 Å². The molecule has 0 radical (unpaired) electrons. The van der Waals surface area contributed by atoms with Crippen molar-refractivity contribution >= 4 is 11.7 Å². The minimum absolute atomic E-state index is 0.0432. The lowest BCUT2D eigenvalue weighted by atomic mass is 10.1. The fourth-order valence-corrected chi connectivity index (χ4v) is 1.30. The predicted octanol–water partition coefficient (Wildman–Crippen LogP) is 2.56. The first kappa shape index (κ1) is 14.0. The molecule has 0 atom stereocenters. The van der Waals surface area contributed by atoms with Gasteiger partial charge in [0.05, 0.1) is 12.0 Å². The number of non-ortho nitro benzene ring substituents is 1. The molecule has 0 fully saturated rings. The van der Waals surface area contributed by atoms with Crippen LogP contribution in [0.1, 0.15) is 31.1 Å². The second-order valence-electron chi connectivity index (χ2n) is 4.64. The van der Waals surface area contributed by atoms with Gasteiger partial charge in [-0.25, -0.2) is 4.79 Å². The summed E-state index contributed by atoms with van der Waals surface area (Å²) in [5.74, 6) is -0.405. The molecule has 0 spiro atoms. The standard InChI is InChI=1S/C12H15NO5/c1-12(2,3)18-11(14)9-7-8(13(15)16)5-6-10(9)17-4/h5-7H,1-4H3. The smallest absolute Gasteiger partial charge is 0.342 e.